The summed E-state index contributed by atoms with van der Waals surface area (Å²) in [6, 6.07) is 8.03. The number of benzene rings is 1. The van der Waals surface area contributed by atoms with E-state index in [1.54, 1.807) is 0 Å². The quantitative estimate of drug-likeness (QED) is 0.849. The van der Waals surface area contributed by atoms with Gasteiger partial charge in [0.1, 0.15) is 6.07 Å². The minimum atomic E-state index is 0.449. The van der Waals surface area contributed by atoms with Gasteiger partial charge in [0.2, 0.25) is 0 Å². The van der Waals surface area contributed by atoms with E-state index in [-0.39, 0.29) is 0 Å². The highest BCUT2D eigenvalue weighted by Crippen LogP contribution is 2.51. The molecule has 2 aromatic rings. The highest BCUT2D eigenvalue weighted by atomic mass is 32.1. The molecule has 3 rings (SSSR count). The van der Waals surface area contributed by atoms with Crippen LogP contribution in [-0.4, -0.2) is 9.55 Å². The number of para-hydroxylation sites is 1. The second kappa shape index (κ2) is 4.50. The van der Waals surface area contributed by atoms with Crippen molar-refractivity contribution < 1.29 is 0 Å². The molecule has 98 valence electrons. The maximum Gasteiger partial charge on any atom is 0.178 e. The summed E-state index contributed by atoms with van der Waals surface area (Å²) in [6.45, 7) is 3.22. The van der Waals surface area contributed by atoms with E-state index in [4.69, 9.17) is 17.5 Å². The molecule has 0 amide bonds. The van der Waals surface area contributed by atoms with Crippen LogP contribution >= 0.6 is 12.2 Å². The first-order chi connectivity index (χ1) is 9.19. The smallest absolute Gasteiger partial charge is 0.178 e. The number of nitriles is 1. The predicted octanol–water partition coefficient (Wildman–Crippen LogP) is 4.15. The number of nitrogens with one attached hydrogen (secondary N) is 1. The highest BCUT2D eigenvalue weighted by molar-refractivity contribution is 7.71. The Morgan fingerprint density at radius 1 is 1.47 bits per heavy atom. The maximum atomic E-state index is 9.15. The SMILES string of the molecule is CCCC1(Cn2c(=S)[nH]c3c(C#N)cccc32)CC1. The van der Waals surface area contributed by atoms with Gasteiger partial charge in [-0.1, -0.05) is 19.4 Å². The third kappa shape index (κ3) is 2.08. The number of hydrogen-bond donors (Lipinski definition) is 1. The third-order valence-electron chi connectivity index (χ3n) is 4.16. The molecule has 0 bridgehead atoms. The van der Waals surface area contributed by atoms with Gasteiger partial charge in [0, 0.05) is 6.54 Å². The van der Waals surface area contributed by atoms with E-state index >= 15 is 0 Å². The average molecular weight is 271 g/mol. The van der Waals surface area contributed by atoms with Crippen LogP contribution in [0, 0.1) is 21.5 Å². The minimum Gasteiger partial charge on any atom is -0.329 e. The summed E-state index contributed by atoms with van der Waals surface area (Å²) in [5.41, 5.74) is 3.06. The molecular formula is C15H17N3S. The average Bonchev–Trinajstić information content (AvgIpc) is 3.09. The van der Waals surface area contributed by atoms with Crippen LogP contribution in [0.2, 0.25) is 0 Å². The van der Waals surface area contributed by atoms with Gasteiger partial charge in [0.15, 0.2) is 4.77 Å². The van der Waals surface area contributed by atoms with Crippen molar-refractivity contribution in [2.45, 2.75) is 39.2 Å². The molecule has 0 unspecified atom stereocenters. The van der Waals surface area contributed by atoms with Crippen LogP contribution in [0.5, 0.6) is 0 Å². The van der Waals surface area contributed by atoms with Gasteiger partial charge >= 0.3 is 0 Å². The molecule has 0 aliphatic heterocycles. The van der Waals surface area contributed by atoms with Gasteiger partial charge in [-0.05, 0) is 49.0 Å². The highest BCUT2D eigenvalue weighted by Gasteiger charge is 2.42. The fraction of sp³-hybridized carbons (Fsp3) is 0.467. The molecule has 1 N–H and O–H groups in total. The van der Waals surface area contributed by atoms with Crippen molar-refractivity contribution in [2.75, 3.05) is 0 Å². The Balaban J connectivity index is 2.07. The van der Waals surface area contributed by atoms with Gasteiger partial charge in [-0.2, -0.15) is 5.26 Å². The Bertz CT molecular complexity index is 713. The molecule has 4 heteroatoms. The van der Waals surface area contributed by atoms with Crippen LogP contribution in [0.25, 0.3) is 11.0 Å². The van der Waals surface area contributed by atoms with Gasteiger partial charge in [-0.3, -0.25) is 0 Å². The first kappa shape index (κ1) is 12.4. The molecule has 1 aliphatic carbocycles. The summed E-state index contributed by atoms with van der Waals surface area (Å²) >= 11 is 5.44. The summed E-state index contributed by atoms with van der Waals surface area (Å²) in [5, 5.41) is 9.15. The molecule has 3 nitrogen and oxygen atoms in total. The van der Waals surface area contributed by atoms with Gasteiger partial charge in [0.25, 0.3) is 0 Å². The van der Waals surface area contributed by atoms with Gasteiger partial charge in [-0.25, -0.2) is 0 Å². The Hall–Kier alpha value is -1.60. The summed E-state index contributed by atoms with van der Waals surface area (Å²) in [6.07, 6.45) is 5.08. The van der Waals surface area contributed by atoms with Crippen molar-refractivity contribution in [3.8, 4) is 6.07 Å². The van der Waals surface area contributed by atoms with Crippen molar-refractivity contribution in [1.82, 2.24) is 9.55 Å². The normalized spacial score (nSPS) is 16.4. The monoisotopic (exact) mass is 271 g/mol. The first-order valence-electron chi connectivity index (χ1n) is 6.81. The lowest BCUT2D eigenvalue weighted by Crippen LogP contribution is -2.11. The zero-order valence-electron chi connectivity index (χ0n) is 11.1. The Kier molecular flexibility index (Phi) is 2.94. The van der Waals surface area contributed by atoms with Crippen molar-refractivity contribution in [1.29, 1.82) is 5.26 Å². The van der Waals surface area contributed by atoms with Crippen molar-refractivity contribution in [3.05, 3.63) is 28.5 Å². The van der Waals surface area contributed by atoms with E-state index in [0.717, 1.165) is 22.3 Å². The predicted molar refractivity (Wildman–Crippen MR) is 78.4 cm³/mol. The van der Waals surface area contributed by atoms with Crippen LogP contribution in [0.1, 0.15) is 38.2 Å². The van der Waals surface area contributed by atoms with Crippen LogP contribution in [-0.2, 0) is 6.54 Å². The second-order valence-electron chi connectivity index (χ2n) is 5.58. The van der Waals surface area contributed by atoms with Crippen LogP contribution in [0.15, 0.2) is 18.2 Å². The molecule has 0 atom stereocenters. The van der Waals surface area contributed by atoms with Crippen molar-refractivity contribution >= 4 is 23.3 Å². The molecule has 1 heterocycles. The van der Waals surface area contributed by atoms with E-state index in [1.807, 2.05) is 18.2 Å². The molecule has 1 aromatic carbocycles. The molecule has 1 aromatic heterocycles. The molecular weight excluding hydrogens is 254 g/mol. The topological polar surface area (TPSA) is 44.5 Å². The summed E-state index contributed by atoms with van der Waals surface area (Å²) in [4.78, 5) is 3.19. The van der Waals surface area contributed by atoms with E-state index < -0.39 is 0 Å². The zero-order chi connectivity index (χ0) is 13.5. The number of nitrogens with zero attached hydrogens (tertiary/aromatic N) is 2. The molecule has 0 radical (unpaired) electrons. The zero-order valence-corrected chi connectivity index (χ0v) is 11.9. The summed E-state index contributed by atoms with van der Waals surface area (Å²) in [7, 11) is 0. The van der Waals surface area contributed by atoms with Crippen molar-refractivity contribution in [3.63, 3.8) is 0 Å². The Labute approximate surface area is 117 Å². The standard InChI is InChI=1S/C15H17N3S/c1-2-6-15(7-8-15)10-18-12-5-3-4-11(9-16)13(12)17-14(18)19/h3-5H,2,6-8,10H2,1H3,(H,17,19). The number of aromatic nitrogens is 2. The lowest BCUT2D eigenvalue weighted by Gasteiger charge is -2.15. The number of imidazole rings is 1. The van der Waals surface area contributed by atoms with Crippen molar-refractivity contribution in [2.24, 2.45) is 5.41 Å². The largest absolute Gasteiger partial charge is 0.329 e. The summed E-state index contributed by atoms with van der Waals surface area (Å²) < 4.78 is 2.91. The van der Waals surface area contributed by atoms with E-state index in [0.29, 0.717) is 11.0 Å². The molecule has 1 saturated carbocycles. The van der Waals surface area contributed by atoms with Crippen LogP contribution in [0.3, 0.4) is 0 Å². The molecule has 19 heavy (non-hydrogen) atoms. The van der Waals surface area contributed by atoms with Gasteiger partial charge in [-0.15, -0.1) is 0 Å². The van der Waals surface area contributed by atoms with E-state index in [2.05, 4.69) is 22.5 Å². The first-order valence-corrected chi connectivity index (χ1v) is 7.21. The minimum absolute atomic E-state index is 0.449. The maximum absolute atomic E-state index is 9.15. The number of fused-ring (bicyclic) bond motifs is 1. The van der Waals surface area contributed by atoms with Gasteiger partial charge < -0.3 is 9.55 Å². The number of aromatic amines is 1. The fourth-order valence-electron chi connectivity index (χ4n) is 2.96. The van der Waals surface area contributed by atoms with E-state index in [1.165, 1.54) is 25.7 Å². The number of H-pyrrole nitrogens is 1. The molecule has 1 fully saturated rings. The third-order valence-corrected chi connectivity index (χ3v) is 4.48. The molecule has 0 saturated heterocycles. The lowest BCUT2D eigenvalue weighted by atomic mass is 10.0. The number of rotatable bonds is 4. The Morgan fingerprint density at radius 2 is 2.26 bits per heavy atom. The second-order valence-corrected chi connectivity index (χ2v) is 5.96. The molecule has 0 spiro atoms. The van der Waals surface area contributed by atoms with Crippen LogP contribution in [0.4, 0.5) is 0 Å². The summed E-state index contributed by atoms with van der Waals surface area (Å²) in [5.74, 6) is 0. The van der Waals surface area contributed by atoms with Gasteiger partial charge in [0.05, 0.1) is 16.6 Å². The number of hydrogen-bond acceptors (Lipinski definition) is 2. The Morgan fingerprint density at radius 3 is 2.89 bits per heavy atom. The lowest BCUT2D eigenvalue weighted by molar-refractivity contribution is 0.391. The molecule has 1 aliphatic rings. The fourth-order valence-corrected chi connectivity index (χ4v) is 3.23. The van der Waals surface area contributed by atoms with Crippen LogP contribution < -0.4 is 0 Å². The van der Waals surface area contributed by atoms with E-state index in [9.17, 15) is 0 Å².